The van der Waals surface area contributed by atoms with E-state index in [0.717, 1.165) is 89.8 Å². The van der Waals surface area contributed by atoms with E-state index in [2.05, 4.69) is 99.0 Å². The molecule has 0 fully saturated rings. The number of nitrogens with one attached hydrogen (secondary N) is 4. The number of nitrogens with zero attached hydrogens (tertiary/aromatic N) is 2. The fourth-order valence-corrected chi connectivity index (χ4v) is 5.84. The summed E-state index contributed by atoms with van der Waals surface area (Å²) >= 11 is 0. The zero-order chi connectivity index (χ0) is 26.3. The molecule has 5 aromatic rings. The van der Waals surface area contributed by atoms with Crippen LogP contribution in [0.25, 0.3) is 32.3 Å². The normalized spacial score (nSPS) is 14.1. The molecule has 0 aliphatic carbocycles. The maximum Gasteiger partial charge on any atom is 0.0545 e. The Bertz CT molecular complexity index is 1470. The molecule has 234 valence electrons. The predicted molar refractivity (Wildman–Crippen MR) is 192 cm³/mol. The number of halogens is 4. The average molecular weight is 667 g/mol. The standard InChI is InChI=1S/C33H40N6.4ClH/c1-4-25-8-9-27-10-11-28(31-13-12-26(5-1)32(25)33(27)31)22-35-15-3-14-34-16-19-39-20-17-36-23-29-6-2-7-30(38-29)24-37-18-21-39;;;;/h1-2,4-13,34-37H,3,14-24H2;4*1H. The maximum atomic E-state index is 4.71. The van der Waals surface area contributed by atoms with Crippen molar-refractivity contribution < 1.29 is 0 Å². The zero-order valence-electron chi connectivity index (χ0n) is 24.4. The molecule has 43 heavy (non-hydrogen) atoms. The molecule has 6 rings (SSSR count). The van der Waals surface area contributed by atoms with Gasteiger partial charge in [0.05, 0.1) is 11.4 Å². The molecule has 0 atom stereocenters. The monoisotopic (exact) mass is 664 g/mol. The van der Waals surface area contributed by atoms with Crippen LogP contribution in [0.3, 0.4) is 0 Å². The first-order valence-corrected chi connectivity index (χ1v) is 14.5. The van der Waals surface area contributed by atoms with Gasteiger partial charge in [-0.3, -0.25) is 9.88 Å². The number of benzene rings is 4. The lowest BCUT2D eigenvalue weighted by molar-refractivity contribution is 0.270. The number of rotatable bonds is 9. The Morgan fingerprint density at radius 2 is 1.21 bits per heavy atom. The third-order valence-electron chi connectivity index (χ3n) is 7.93. The SMILES string of the molecule is Cl.Cl.Cl.Cl.c1cc2nc(c1)CNCCN(CCNCCCNCc1ccc3ccc4cccc5ccc1c3c45)CCNC2. The molecule has 0 radical (unpaired) electrons. The van der Waals surface area contributed by atoms with Crippen molar-refractivity contribution in [2.45, 2.75) is 26.1 Å². The van der Waals surface area contributed by atoms with Crippen molar-refractivity contribution in [2.75, 3.05) is 52.4 Å². The highest BCUT2D eigenvalue weighted by Crippen LogP contribution is 2.35. The van der Waals surface area contributed by atoms with E-state index in [1.807, 2.05) is 0 Å². The summed E-state index contributed by atoms with van der Waals surface area (Å²) in [4.78, 5) is 7.25. The molecule has 1 aromatic heterocycles. The van der Waals surface area contributed by atoms with Crippen LogP contribution in [0.2, 0.25) is 0 Å². The minimum Gasteiger partial charge on any atom is -0.315 e. The summed E-state index contributed by atoms with van der Waals surface area (Å²) in [5, 5.41) is 22.6. The lowest BCUT2D eigenvalue weighted by Gasteiger charge is -2.23. The summed E-state index contributed by atoms with van der Waals surface area (Å²) in [7, 11) is 0. The van der Waals surface area contributed by atoms with Crippen LogP contribution in [0.5, 0.6) is 0 Å². The van der Waals surface area contributed by atoms with Crippen molar-refractivity contribution in [3.63, 3.8) is 0 Å². The largest absolute Gasteiger partial charge is 0.315 e. The molecule has 0 unspecified atom stereocenters. The second-order valence-corrected chi connectivity index (χ2v) is 10.7. The first-order chi connectivity index (χ1) is 19.3. The van der Waals surface area contributed by atoms with E-state index in [-0.39, 0.29) is 49.6 Å². The van der Waals surface area contributed by atoms with Gasteiger partial charge in [-0.1, -0.05) is 60.7 Å². The van der Waals surface area contributed by atoms with E-state index in [9.17, 15) is 0 Å². The van der Waals surface area contributed by atoms with Crippen LogP contribution in [-0.2, 0) is 19.6 Å². The summed E-state index contributed by atoms with van der Waals surface area (Å²) in [5.74, 6) is 0. The van der Waals surface area contributed by atoms with Crippen LogP contribution >= 0.6 is 49.6 Å². The third-order valence-corrected chi connectivity index (χ3v) is 7.93. The molecule has 4 N–H and O–H groups in total. The number of hydrogen-bond acceptors (Lipinski definition) is 6. The minimum absolute atomic E-state index is 0. The van der Waals surface area contributed by atoms with Crippen molar-refractivity contribution in [2.24, 2.45) is 0 Å². The highest BCUT2D eigenvalue weighted by Gasteiger charge is 2.11. The van der Waals surface area contributed by atoms with Gasteiger partial charge in [-0.25, -0.2) is 0 Å². The number of aromatic nitrogens is 1. The molecule has 1 aliphatic rings. The molecule has 0 spiro atoms. The molecule has 4 aromatic carbocycles. The minimum atomic E-state index is 0. The van der Waals surface area contributed by atoms with Crippen LogP contribution < -0.4 is 21.3 Å². The molecule has 0 saturated heterocycles. The van der Waals surface area contributed by atoms with E-state index >= 15 is 0 Å². The summed E-state index contributed by atoms with van der Waals surface area (Å²) in [6.45, 7) is 10.8. The zero-order valence-corrected chi connectivity index (χ0v) is 27.7. The van der Waals surface area contributed by atoms with Gasteiger partial charge in [-0.05, 0) is 69.5 Å². The second-order valence-electron chi connectivity index (χ2n) is 10.7. The summed E-state index contributed by atoms with van der Waals surface area (Å²) in [6, 6.07) is 26.6. The summed E-state index contributed by atoms with van der Waals surface area (Å²) < 4.78 is 0. The summed E-state index contributed by atoms with van der Waals surface area (Å²) in [6.07, 6.45) is 1.12. The van der Waals surface area contributed by atoms with Gasteiger partial charge in [0.25, 0.3) is 0 Å². The Morgan fingerprint density at radius 3 is 1.91 bits per heavy atom. The first-order valence-electron chi connectivity index (χ1n) is 14.5. The van der Waals surface area contributed by atoms with E-state index in [4.69, 9.17) is 4.98 Å². The van der Waals surface area contributed by atoms with Crippen molar-refractivity contribution in [1.29, 1.82) is 0 Å². The van der Waals surface area contributed by atoms with Crippen molar-refractivity contribution >= 4 is 81.9 Å². The molecule has 1 aliphatic heterocycles. The highest BCUT2D eigenvalue weighted by molar-refractivity contribution is 6.23. The van der Waals surface area contributed by atoms with E-state index in [1.54, 1.807) is 0 Å². The molecule has 0 amide bonds. The number of hydrogen-bond donors (Lipinski definition) is 4. The molecule has 10 heteroatoms. The lowest BCUT2D eigenvalue weighted by Crippen LogP contribution is -2.41. The molecule has 2 heterocycles. The lowest BCUT2D eigenvalue weighted by atomic mass is 9.92. The average Bonchev–Trinajstić information content (AvgIpc) is 2.97. The van der Waals surface area contributed by atoms with Crippen molar-refractivity contribution in [3.8, 4) is 0 Å². The quantitative estimate of drug-likeness (QED) is 0.116. The van der Waals surface area contributed by atoms with Crippen molar-refractivity contribution in [1.82, 2.24) is 31.2 Å². The van der Waals surface area contributed by atoms with E-state index < -0.39 is 0 Å². The van der Waals surface area contributed by atoms with Gasteiger partial charge in [0, 0.05) is 58.9 Å². The maximum absolute atomic E-state index is 4.71. The summed E-state index contributed by atoms with van der Waals surface area (Å²) in [5.41, 5.74) is 3.63. The molecule has 2 bridgehead atoms. The smallest absolute Gasteiger partial charge is 0.0545 e. The molecule has 6 nitrogen and oxygen atoms in total. The Balaban J connectivity index is 0.00000161. The van der Waals surface area contributed by atoms with Crippen LogP contribution in [-0.4, -0.2) is 62.2 Å². The topological polar surface area (TPSA) is 64.2 Å². The fraction of sp³-hybridized carbons (Fsp3) is 0.364. The fourth-order valence-electron chi connectivity index (χ4n) is 5.84. The second kappa shape index (κ2) is 18.7. The molecular formula is C33H44Cl4N6. The van der Waals surface area contributed by atoms with Crippen LogP contribution in [0.4, 0.5) is 0 Å². The van der Waals surface area contributed by atoms with Gasteiger partial charge in [-0.15, -0.1) is 49.6 Å². The van der Waals surface area contributed by atoms with Gasteiger partial charge in [0.1, 0.15) is 0 Å². The van der Waals surface area contributed by atoms with E-state index in [1.165, 1.54) is 37.9 Å². The van der Waals surface area contributed by atoms with Gasteiger partial charge in [0.2, 0.25) is 0 Å². The van der Waals surface area contributed by atoms with Gasteiger partial charge in [0.15, 0.2) is 0 Å². The first kappa shape index (κ1) is 37.2. The highest BCUT2D eigenvalue weighted by atomic mass is 35.5. The number of pyridine rings is 1. The Morgan fingerprint density at radius 1 is 0.628 bits per heavy atom. The van der Waals surface area contributed by atoms with Gasteiger partial charge < -0.3 is 21.3 Å². The van der Waals surface area contributed by atoms with Gasteiger partial charge >= 0.3 is 0 Å². The van der Waals surface area contributed by atoms with Crippen LogP contribution in [0.1, 0.15) is 23.4 Å². The molecule has 0 saturated carbocycles. The Kier molecular flexibility index (Phi) is 16.2. The van der Waals surface area contributed by atoms with Crippen LogP contribution in [0.15, 0.2) is 72.8 Å². The van der Waals surface area contributed by atoms with Crippen LogP contribution in [0, 0.1) is 0 Å². The Hall–Kier alpha value is -1.97. The number of fused-ring (bicyclic) bond motifs is 2. The Labute approximate surface area is 280 Å². The van der Waals surface area contributed by atoms with Gasteiger partial charge in [-0.2, -0.15) is 0 Å². The predicted octanol–water partition coefficient (Wildman–Crippen LogP) is 5.93. The molecular weight excluding hydrogens is 622 g/mol. The van der Waals surface area contributed by atoms with Crippen molar-refractivity contribution in [3.05, 3.63) is 89.7 Å². The van der Waals surface area contributed by atoms with E-state index in [0.29, 0.717) is 0 Å². The third kappa shape index (κ3) is 9.51.